The Bertz CT molecular complexity index is 597. The van der Waals surface area contributed by atoms with E-state index in [9.17, 15) is 4.79 Å². The zero-order chi connectivity index (χ0) is 15.2. The summed E-state index contributed by atoms with van der Waals surface area (Å²) in [7, 11) is 5.18. The lowest BCUT2D eigenvalue weighted by Gasteiger charge is -2.17. The van der Waals surface area contributed by atoms with Crippen LogP contribution in [0.3, 0.4) is 0 Å². The molecule has 0 aliphatic carbocycles. The van der Waals surface area contributed by atoms with Gasteiger partial charge in [-0.2, -0.15) is 15.0 Å². The van der Waals surface area contributed by atoms with Gasteiger partial charge in [0.05, 0.1) is 0 Å². The molecular weight excluding hydrogens is 272 g/mol. The summed E-state index contributed by atoms with van der Waals surface area (Å²) >= 11 is 0. The van der Waals surface area contributed by atoms with Crippen LogP contribution in [0.1, 0.15) is 6.42 Å². The number of hydrogen-bond donors (Lipinski definition) is 2. The van der Waals surface area contributed by atoms with E-state index in [1.807, 2.05) is 7.05 Å². The lowest BCUT2D eigenvalue weighted by Crippen LogP contribution is -2.28. The van der Waals surface area contributed by atoms with Crippen LogP contribution in [0.2, 0.25) is 0 Å². The van der Waals surface area contributed by atoms with Gasteiger partial charge < -0.3 is 15.5 Å². The van der Waals surface area contributed by atoms with E-state index in [4.69, 9.17) is 0 Å². The molecule has 0 aliphatic heterocycles. The third-order valence-corrected chi connectivity index (χ3v) is 2.87. The van der Waals surface area contributed by atoms with Gasteiger partial charge in [0.1, 0.15) is 6.33 Å². The maximum Gasteiger partial charge on any atom is 0.241 e. The summed E-state index contributed by atoms with van der Waals surface area (Å²) in [6, 6.07) is 0. The van der Waals surface area contributed by atoms with Crippen LogP contribution in [0.4, 0.5) is 11.9 Å². The number of imidazole rings is 1. The minimum Gasteiger partial charge on any atom is -0.359 e. The van der Waals surface area contributed by atoms with E-state index in [0.717, 1.165) is 0 Å². The van der Waals surface area contributed by atoms with Crippen molar-refractivity contribution in [3.63, 3.8) is 0 Å². The third kappa shape index (κ3) is 3.65. The van der Waals surface area contributed by atoms with Gasteiger partial charge in [0.2, 0.25) is 23.8 Å². The summed E-state index contributed by atoms with van der Waals surface area (Å²) in [5, 5.41) is 5.48. The van der Waals surface area contributed by atoms with E-state index in [1.165, 1.54) is 0 Å². The Labute approximate surface area is 122 Å². The van der Waals surface area contributed by atoms with Gasteiger partial charge in [-0.1, -0.05) is 0 Å². The van der Waals surface area contributed by atoms with Gasteiger partial charge in [0.25, 0.3) is 0 Å². The van der Waals surface area contributed by atoms with Gasteiger partial charge in [-0.15, -0.1) is 0 Å². The molecule has 2 heterocycles. The van der Waals surface area contributed by atoms with E-state index >= 15 is 0 Å². The molecule has 0 aromatic carbocycles. The average molecular weight is 290 g/mol. The number of anilines is 2. The Morgan fingerprint density at radius 3 is 2.76 bits per heavy atom. The SMILES string of the molecule is CNC(=O)CCN(C)c1nc(NC)nc(-n2ccnc2)n1. The van der Waals surface area contributed by atoms with Crippen LogP contribution in [-0.2, 0) is 4.79 Å². The molecule has 0 aliphatic rings. The normalized spacial score (nSPS) is 10.2. The second-order valence-electron chi connectivity index (χ2n) is 4.32. The van der Waals surface area contributed by atoms with Crippen molar-refractivity contribution in [1.29, 1.82) is 0 Å². The Morgan fingerprint density at radius 1 is 1.33 bits per heavy atom. The van der Waals surface area contributed by atoms with Gasteiger partial charge in [0.15, 0.2) is 0 Å². The molecule has 2 N–H and O–H groups in total. The Balaban J connectivity index is 2.22. The molecule has 0 spiro atoms. The number of carbonyl (C=O) groups excluding carboxylic acids is 1. The first-order valence-corrected chi connectivity index (χ1v) is 6.48. The van der Waals surface area contributed by atoms with Crippen molar-refractivity contribution in [1.82, 2.24) is 29.8 Å². The fraction of sp³-hybridized carbons (Fsp3) is 0.417. The topological polar surface area (TPSA) is 101 Å². The summed E-state index contributed by atoms with van der Waals surface area (Å²) < 4.78 is 1.69. The number of rotatable bonds is 6. The monoisotopic (exact) mass is 290 g/mol. The van der Waals surface area contributed by atoms with Crippen molar-refractivity contribution in [3.05, 3.63) is 18.7 Å². The molecule has 0 saturated heterocycles. The van der Waals surface area contributed by atoms with E-state index in [-0.39, 0.29) is 5.91 Å². The lowest BCUT2D eigenvalue weighted by atomic mass is 10.4. The highest BCUT2D eigenvalue weighted by Gasteiger charge is 2.12. The van der Waals surface area contributed by atoms with Crippen LogP contribution in [0.15, 0.2) is 18.7 Å². The van der Waals surface area contributed by atoms with Crippen LogP contribution in [0, 0.1) is 0 Å². The van der Waals surface area contributed by atoms with Crippen molar-refractivity contribution in [2.75, 3.05) is 37.9 Å². The molecule has 21 heavy (non-hydrogen) atoms. The van der Waals surface area contributed by atoms with Gasteiger partial charge in [-0.05, 0) is 0 Å². The minimum atomic E-state index is -0.0282. The smallest absolute Gasteiger partial charge is 0.241 e. The Morgan fingerprint density at radius 2 is 2.14 bits per heavy atom. The summed E-state index contributed by atoms with van der Waals surface area (Å²) in [5.74, 6) is 1.38. The maximum absolute atomic E-state index is 11.3. The quantitative estimate of drug-likeness (QED) is 0.751. The molecule has 2 rings (SSSR count). The van der Waals surface area contributed by atoms with Gasteiger partial charge >= 0.3 is 0 Å². The first kappa shape index (κ1) is 14.7. The van der Waals surface area contributed by atoms with Crippen LogP contribution in [0.25, 0.3) is 5.95 Å². The van der Waals surface area contributed by atoms with E-state index in [1.54, 1.807) is 42.3 Å². The molecule has 0 unspecified atom stereocenters. The molecule has 0 radical (unpaired) electrons. The van der Waals surface area contributed by atoms with Crippen LogP contribution < -0.4 is 15.5 Å². The Hall–Kier alpha value is -2.71. The summed E-state index contributed by atoms with van der Waals surface area (Å²) in [6.45, 7) is 0.510. The summed E-state index contributed by atoms with van der Waals surface area (Å²) in [4.78, 5) is 30.0. The summed E-state index contributed by atoms with van der Waals surface area (Å²) in [6.07, 6.45) is 5.39. The number of nitrogens with zero attached hydrogens (tertiary/aromatic N) is 6. The fourth-order valence-corrected chi connectivity index (χ4v) is 1.62. The first-order valence-electron chi connectivity index (χ1n) is 6.48. The van der Waals surface area contributed by atoms with Crippen LogP contribution in [-0.4, -0.2) is 58.1 Å². The van der Waals surface area contributed by atoms with Gasteiger partial charge in [-0.3, -0.25) is 9.36 Å². The predicted octanol–water partition coefficient (Wildman–Crippen LogP) is -0.329. The molecule has 0 saturated carbocycles. The molecule has 2 aromatic rings. The molecule has 9 nitrogen and oxygen atoms in total. The van der Waals surface area contributed by atoms with Crippen molar-refractivity contribution in [3.8, 4) is 5.95 Å². The molecule has 0 fully saturated rings. The standard InChI is InChI=1S/C12H18N8O/c1-13-9(21)4-6-19(3)11-16-10(14-2)17-12(18-11)20-7-5-15-8-20/h5,7-8H,4,6H2,1-3H3,(H,13,21)(H,14,16,17,18). The largest absolute Gasteiger partial charge is 0.359 e. The van der Waals surface area contributed by atoms with Gasteiger partial charge in [-0.25, -0.2) is 4.98 Å². The molecule has 0 atom stereocenters. The van der Waals surface area contributed by atoms with Crippen molar-refractivity contribution >= 4 is 17.8 Å². The highest BCUT2D eigenvalue weighted by atomic mass is 16.1. The zero-order valence-electron chi connectivity index (χ0n) is 12.2. The highest BCUT2D eigenvalue weighted by Crippen LogP contribution is 2.12. The first-order chi connectivity index (χ1) is 10.1. The zero-order valence-corrected chi connectivity index (χ0v) is 12.2. The van der Waals surface area contributed by atoms with Crippen molar-refractivity contribution in [2.45, 2.75) is 6.42 Å². The van der Waals surface area contributed by atoms with Crippen LogP contribution in [0.5, 0.6) is 0 Å². The molecular formula is C12H18N8O. The summed E-state index contributed by atoms with van der Waals surface area (Å²) in [5.41, 5.74) is 0. The second kappa shape index (κ2) is 6.64. The molecule has 112 valence electrons. The van der Waals surface area contributed by atoms with Crippen LogP contribution >= 0.6 is 0 Å². The lowest BCUT2D eigenvalue weighted by molar-refractivity contribution is -0.120. The van der Waals surface area contributed by atoms with E-state index < -0.39 is 0 Å². The van der Waals surface area contributed by atoms with E-state index in [0.29, 0.717) is 30.8 Å². The highest BCUT2D eigenvalue weighted by molar-refractivity contribution is 5.76. The minimum absolute atomic E-state index is 0.0282. The molecule has 9 heteroatoms. The number of amides is 1. The van der Waals surface area contributed by atoms with E-state index in [2.05, 4.69) is 30.6 Å². The maximum atomic E-state index is 11.3. The Kier molecular flexibility index (Phi) is 4.64. The van der Waals surface area contributed by atoms with Crippen molar-refractivity contribution < 1.29 is 4.79 Å². The second-order valence-corrected chi connectivity index (χ2v) is 4.32. The van der Waals surface area contributed by atoms with Gasteiger partial charge in [0, 0.05) is 46.5 Å². The average Bonchev–Trinajstić information content (AvgIpc) is 3.06. The van der Waals surface area contributed by atoms with Crippen molar-refractivity contribution in [2.24, 2.45) is 0 Å². The number of aromatic nitrogens is 5. The molecule has 2 aromatic heterocycles. The number of nitrogens with one attached hydrogen (secondary N) is 2. The third-order valence-electron chi connectivity index (χ3n) is 2.87. The fourth-order valence-electron chi connectivity index (χ4n) is 1.62. The number of carbonyl (C=O) groups is 1. The number of hydrogen-bond acceptors (Lipinski definition) is 7. The predicted molar refractivity (Wildman–Crippen MR) is 78.4 cm³/mol. The molecule has 1 amide bonds. The molecule has 0 bridgehead atoms.